The van der Waals surface area contributed by atoms with E-state index in [9.17, 15) is 0 Å². The maximum atomic E-state index is 4.62. The van der Waals surface area contributed by atoms with Gasteiger partial charge in [0.25, 0.3) is 0 Å². The molecule has 0 fully saturated rings. The van der Waals surface area contributed by atoms with Gasteiger partial charge >= 0.3 is 0 Å². The van der Waals surface area contributed by atoms with Gasteiger partial charge in [-0.3, -0.25) is 4.99 Å². The topological polar surface area (TPSA) is 24.4 Å². The van der Waals surface area contributed by atoms with Crippen LogP contribution >= 0.6 is 0 Å². The maximum absolute atomic E-state index is 4.62. The van der Waals surface area contributed by atoms with E-state index in [0.29, 0.717) is 5.92 Å². The minimum absolute atomic E-state index is 0.305. The number of hydrogen-bond donors (Lipinski definition) is 1. The highest BCUT2D eigenvalue weighted by atomic mass is 15.1. The molecule has 0 amide bonds. The van der Waals surface area contributed by atoms with Gasteiger partial charge in [0, 0.05) is 6.54 Å². The summed E-state index contributed by atoms with van der Waals surface area (Å²) < 4.78 is 0. The van der Waals surface area contributed by atoms with Crippen LogP contribution < -0.4 is 5.32 Å². The Morgan fingerprint density at radius 1 is 0.889 bits per heavy atom. The van der Waals surface area contributed by atoms with Crippen LogP contribution in [-0.2, 0) is 0 Å². The summed E-state index contributed by atoms with van der Waals surface area (Å²) >= 11 is 0. The monoisotopic (exact) mass is 234 g/mol. The van der Waals surface area contributed by atoms with Gasteiger partial charge in [-0.05, 0) is 22.3 Å². The van der Waals surface area contributed by atoms with E-state index in [1.807, 2.05) is 0 Å². The molecule has 0 atom stereocenters. The standard InChI is InChI=1S/C16H14N2/c1-3-7-13-11(5-1)12-6-2-4-8-14(12)15(13)16-17-9-10-18-16/h1-8,15H,9-10H2,(H,17,18). The number of benzene rings is 2. The number of amidine groups is 1. The van der Waals surface area contributed by atoms with Gasteiger partial charge in [0.1, 0.15) is 5.84 Å². The van der Waals surface area contributed by atoms with Crippen LogP contribution in [0.4, 0.5) is 0 Å². The molecule has 0 bridgehead atoms. The summed E-state index contributed by atoms with van der Waals surface area (Å²) in [5, 5.41) is 3.43. The number of hydrogen-bond acceptors (Lipinski definition) is 2. The first-order valence-electron chi connectivity index (χ1n) is 6.41. The van der Waals surface area contributed by atoms with Crippen molar-refractivity contribution in [3.05, 3.63) is 59.7 Å². The van der Waals surface area contributed by atoms with Crippen molar-refractivity contribution in [2.75, 3.05) is 13.1 Å². The normalized spacial score (nSPS) is 17.0. The van der Waals surface area contributed by atoms with Gasteiger partial charge in [-0.1, -0.05) is 48.5 Å². The van der Waals surface area contributed by atoms with Crippen molar-refractivity contribution in [3.8, 4) is 11.1 Å². The third-order valence-electron chi connectivity index (χ3n) is 3.81. The molecule has 2 nitrogen and oxygen atoms in total. The van der Waals surface area contributed by atoms with E-state index in [1.165, 1.54) is 22.3 Å². The van der Waals surface area contributed by atoms with Crippen molar-refractivity contribution >= 4 is 5.84 Å². The molecule has 2 aromatic rings. The van der Waals surface area contributed by atoms with Crippen LogP contribution in [0.5, 0.6) is 0 Å². The van der Waals surface area contributed by atoms with Crippen molar-refractivity contribution < 1.29 is 0 Å². The maximum Gasteiger partial charge on any atom is 0.109 e. The summed E-state index contributed by atoms with van der Waals surface area (Å²) in [7, 11) is 0. The first-order valence-corrected chi connectivity index (χ1v) is 6.41. The van der Waals surface area contributed by atoms with Crippen LogP contribution in [0.15, 0.2) is 53.5 Å². The summed E-state index contributed by atoms with van der Waals surface area (Å²) in [6.07, 6.45) is 0. The average Bonchev–Trinajstić information content (AvgIpc) is 3.03. The van der Waals surface area contributed by atoms with Crippen molar-refractivity contribution in [3.63, 3.8) is 0 Å². The molecule has 0 saturated carbocycles. The van der Waals surface area contributed by atoms with Gasteiger partial charge in [-0.15, -0.1) is 0 Å². The molecule has 1 aliphatic carbocycles. The van der Waals surface area contributed by atoms with Gasteiger partial charge in [-0.2, -0.15) is 0 Å². The zero-order valence-electron chi connectivity index (χ0n) is 10.1. The molecular formula is C16H14N2. The molecule has 2 heteroatoms. The second-order valence-electron chi connectivity index (χ2n) is 4.80. The van der Waals surface area contributed by atoms with Crippen LogP contribution in [-0.4, -0.2) is 18.9 Å². The fourth-order valence-corrected chi connectivity index (χ4v) is 3.06. The Kier molecular flexibility index (Phi) is 2.04. The summed E-state index contributed by atoms with van der Waals surface area (Å²) in [6.45, 7) is 1.87. The van der Waals surface area contributed by atoms with Crippen LogP contribution in [0.1, 0.15) is 17.0 Å². The fourth-order valence-electron chi connectivity index (χ4n) is 3.06. The Morgan fingerprint density at radius 2 is 1.50 bits per heavy atom. The highest BCUT2D eigenvalue weighted by Gasteiger charge is 2.32. The number of nitrogens with one attached hydrogen (secondary N) is 1. The van der Waals surface area contributed by atoms with E-state index in [2.05, 4.69) is 58.8 Å². The van der Waals surface area contributed by atoms with E-state index in [0.717, 1.165) is 18.9 Å². The molecular weight excluding hydrogens is 220 g/mol. The quantitative estimate of drug-likeness (QED) is 0.806. The lowest BCUT2D eigenvalue weighted by Crippen LogP contribution is -2.25. The number of fused-ring (bicyclic) bond motifs is 3. The highest BCUT2D eigenvalue weighted by Crippen LogP contribution is 2.44. The molecule has 2 aromatic carbocycles. The lowest BCUT2D eigenvalue weighted by Gasteiger charge is -2.14. The molecule has 0 unspecified atom stereocenters. The number of aliphatic imine (C=N–C) groups is 1. The Bertz CT molecular complexity index is 598. The zero-order chi connectivity index (χ0) is 11.9. The Hall–Kier alpha value is -2.09. The van der Waals surface area contributed by atoms with Gasteiger partial charge in [-0.25, -0.2) is 0 Å². The van der Waals surface area contributed by atoms with E-state index >= 15 is 0 Å². The van der Waals surface area contributed by atoms with Crippen molar-refractivity contribution in [2.24, 2.45) is 4.99 Å². The third kappa shape index (κ3) is 1.26. The van der Waals surface area contributed by atoms with E-state index in [4.69, 9.17) is 0 Å². The minimum atomic E-state index is 0.305. The molecule has 1 aliphatic heterocycles. The van der Waals surface area contributed by atoms with Crippen molar-refractivity contribution in [2.45, 2.75) is 5.92 Å². The molecule has 1 N–H and O–H groups in total. The second kappa shape index (κ2) is 3.70. The Balaban J connectivity index is 1.98. The van der Waals surface area contributed by atoms with Crippen LogP contribution in [0.2, 0.25) is 0 Å². The summed E-state index contributed by atoms with van der Waals surface area (Å²) in [5.41, 5.74) is 5.47. The average molecular weight is 234 g/mol. The van der Waals surface area contributed by atoms with Crippen LogP contribution in [0.3, 0.4) is 0 Å². The Labute approximate surface area is 106 Å². The Morgan fingerprint density at radius 3 is 2.06 bits per heavy atom. The zero-order valence-corrected chi connectivity index (χ0v) is 10.1. The van der Waals surface area contributed by atoms with Crippen molar-refractivity contribution in [1.82, 2.24) is 5.32 Å². The number of nitrogens with zero attached hydrogens (tertiary/aromatic N) is 1. The fraction of sp³-hybridized carbons (Fsp3) is 0.188. The van der Waals surface area contributed by atoms with Crippen molar-refractivity contribution in [1.29, 1.82) is 0 Å². The van der Waals surface area contributed by atoms with Crippen LogP contribution in [0, 0.1) is 0 Å². The first-order chi connectivity index (χ1) is 8.95. The van der Waals surface area contributed by atoms with Gasteiger partial charge in [0.2, 0.25) is 0 Å². The summed E-state index contributed by atoms with van der Waals surface area (Å²) in [6, 6.07) is 17.3. The van der Waals surface area contributed by atoms with Gasteiger partial charge in [0.05, 0.1) is 12.5 Å². The SMILES string of the molecule is c1ccc2c(c1)-c1ccccc1C2C1=NCCN1. The largest absolute Gasteiger partial charge is 0.371 e. The predicted molar refractivity (Wildman–Crippen MR) is 74.0 cm³/mol. The first kappa shape index (κ1) is 9.89. The summed E-state index contributed by atoms with van der Waals surface area (Å²) in [4.78, 5) is 4.62. The predicted octanol–water partition coefficient (Wildman–Crippen LogP) is 2.80. The van der Waals surface area contributed by atoms with Gasteiger partial charge in [0.15, 0.2) is 0 Å². The number of rotatable bonds is 1. The molecule has 0 aromatic heterocycles. The molecule has 1 heterocycles. The van der Waals surface area contributed by atoms with E-state index in [-0.39, 0.29) is 0 Å². The lowest BCUT2D eigenvalue weighted by atomic mass is 9.96. The molecule has 88 valence electrons. The van der Waals surface area contributed by atoms with Crippen LogP contribution in [0.25, 0.3) is 11.1 Å². The summed E-state index contributed by atoms with van der Waals surface area (Å²) in [5.74, 6) is 1.44. The van der Waals surface area contributed by atoms with Gasteiger partial charge < -0.3 is 5.32 Å². The second-order valence-corrected chi connectivity index (χ2v) is 4.80. The molecule has 0 spiro atoms. The van der Waals surface area contributed by atoms with E-state index in [1.54, 1.807) is 0 Å². The minimum Gasteiger partial charge on any atom is -0.371 e. The van der Waals surface area contributed by atoms with E-state index < -0.39 is 0 Å². The third-order valence-corrected chi connectivity index (χ3v) is 3.81. The molecule has 0 radical (unpaired) electrons. The lowest BCUT2D eigenvalue weighted by molar-refractivity contribution is 0.940. The molecule has 4 rings (SSSR count). The molecule has 0 saturated heterocycles. The molecule has 18 heavy (non-hydrogen) atoms. The smallest absolute Gasteiger partial charge is 0.109 e. The highest BCUT2D eigenvalue weighted by molar-refractivity contribution is 5.99. The molecule has 2 aliphatic rings.